The number of hydrogen-bond acceptors (Lipinski definition) is 3. The van der Waals surface area contributed by atoms with Gasteiger partial charge in [0.15, 0.2) is 5.11 Å². The monoisotopic (exact) mass is 391 g/mol. The molecule has 0 heterocycles. The van der Waals surface area contributed by atoms with Gasteiger partial charge in [-0.1, -0.05) is 30.7 Å². The highest BCUT2D eigenvalue weighted by Crippen LogP contribution is 2.24. The molecule has 0 amide bonds. The number of hydrogen-bond donors (Lipinski definition) is 3. The maximum absolute atomic E-state index is 12.8. The molecule has 0 aromatic heterocycles. The molecule has 2 aromatic carbocycles. The van der Waals surface area contributed by atoms with Crippen molar-refractivity contribution in [2.75, 3.05) is 16.6 Å². The number of thiocarbonyl (C=S) groups is 1. The van der Waals surface area contributed by atoms with Gasteiger partial charge in [-0.3, -0.25) is 4.72 Å². The maximum Gasteiger partial charge on any atom is 0.261 e. The molecule has 0 aliphatic carbocycles. The SMILES string of the molecule is CCCNC(=S)Nc1cc(S(=O)(=O)Nc2ccc(C)cc2C)ccc1C. The van der Waals surface area contributed by atoms with Crippen molar-refractivity contribution in [3.63, 3.8) is 0 Å². The number of sulfonamides is 1. The van der Waals surface area contributed by atoms with E-state index >= 15 is 0 Å². The highest BCUT2D eigenvalue weighted by Gasteiger charge is 2.17. The molecule has 0 spiro atoms. The summed E-state index contributed by atoms with van der Waals surface area (Å²) in [6.07, 6.45) is 0.953. The molecule has 0 saturated carbocycles. The number of aryl methyl sites for hydroxylation is 3. The fraction of sp³-hybridized carbons (Fsp3) is 0.316. The van der Waals surface area contributed by atoms with E-state index in [0.29, 0.717) is 16.5 Å². The first-order valence-electron chi connectivity index (χ1n) is 8.48. The van der Waals surface area contributed by atoms with E-state index in [1.165, 1.54) is 0 Å². The van der Waals surface area contributed by atoms with Gasteiger partial charge in [-0.2, -0.15) is 0 Å². The highest BCUT2D eigenvalue weighted by molar-refractivity contribution is 7.92. The van der Waals surface area contributed by atoms with E-state index in [-0.39, 0.29) is 4.90 Å². The third kappa shape index (κ3) is 5.19. The first-order valence-corrected chi connectivity index (χ1v) is 10.4. The molecule has 0 radical (unpaired) electrons. The lowest BCUT2D eigenvalue weighted by Crippen LogP contribution is -2.29. The van der Waals surface area contributed by atoms with Crippen molar-refractivity contribution in [1.29, 1.82) is 0 Å². The van der Waals surface area contributed by atoms with Gasteiger partial charge in [0.25, 0.3) is 10.0 Å². The standard InChI is InChI=1S/C19H25N3O2S2/c1-5-10-20-19(25)21-18-12-16(8-7-14(18)3)26(23,24)22-17-9-6-13(2)11-15(17)4/h6-9,11-12,22H,5,10H2,1-4H3,(H2,20,21,25). The third-order valence-electron chi connectivity index (χ3n) is 3.93. The Morgan fingerprint density at radius 2 is 1.73 bits per heavy atom. The molecule has 7 heteroatoms. The minimum Gasteiger partial charge on any atom is -0.362 e. The summed E-state index contributed by atoms with van der Waals surface area (Å²) in [6, 6.07) is 10.6. The van der Waals surface area contributed by atoms with Gasteiger partial charge in [-0.05, 0) is 68.7 Å². The van der Waals surface area contributed by atoms with Crippen LogP contribution in [0.2, 0.25) is 0 Å². The Labute approximate surface area is 161 Å². The Morgan fingerprint density at radius 3 is 2.38 bits per heavy atom. The average Bonchev–Trinajstić information content (AvgIpc) is 2.57. The van der Waals surface area contributed by atoms with Gasteiger partial charge in [-0.25, -0.2) is 8.42 Å². The van der Waals surface area contributed by atoms with Crippen molar-refractivity contribution >= 4 is 38.7 Å². The zero-order valence-electron chi connectivity index (χ0n) is 15.5. The zero-order valence-corrected chi connectivity index (χ0v) is 17.1. The topological polar surface area (TPSA) is 70.2 Å². The lowest BCUT2D eigenvalue weighted by Gasteiger charge is -2.15. The van der Waals surface area contributed by atoms with Gasteiger partial charge < -0.3 is 10.6 Å². The molecule has 5 nitrogen and oxygen atoms in total. The lowest BCUT2D eigenvalue weighted by atomic mass is 10.1. The van der Waals surface area contributed by atoms with Crippen LogP contribution in [0.25, 0.3) is 0 Å². The van der Waals surface area contributed by atoms with Crippen LogP contribution in [0.5, 0.6) is 0 Å². The number of rotatable bonds is 6. The van der Waals surface area contributed by atoms with Gasteiger partial charge in [-0.15, -0.1) is 0 Å². The second-order valence-electron chi connectivity index (χ2n) is 6.28. The van der Waals surface area contributed by atoms with Crippen molar-refractivity contribution in [1.82, 2.24) is 5.32 Å². The molecule has 140 valence electrons. The molecule has 0 fully saturated rings. The molecule has 2 aromatic rings. The first kappa shape index (κ1) is 20.2. The van der Waals surface area contributed by atoms with Gasteiger partial charge in [0.1, 0.15) is 0 Å². The summed E-state index contributed by atoms with van der Waals surface area (Å²) >= 11 is 5.24. The van der Waals surface area contributed by atoms with Crippen LogP contribution < -0.4 is 15.4 Å². The Morgan fingerprint density at radius 1 is 1.00 bits per heavy atom. The smallest absolute Gasteiger partial charge is 0.261 e. The summed E-state index contributed by atoms with van der Waals surface area (Å²) < 4.78 is 28.2. The van der Waals surface area contributed by atoms with E-state index < -0.39 is 10.0 Å². The molecule has 0 bridgehead atoms. The van der Waals surface area contributed by atoms with Crippen LogP contribution in [0.15, 0.2) is 41.3 Å². The first-order chi connectivity index (χ1) is 12.2. The quantitative estimate of drug-likeness (QED) is 0.647. The Kier molecular flexibility index (Phi) is 6.61. The maximum atomic E-state index is 12.8. The van der Waals surface area contributed by atoms with Gasteiger partial charge >= 0.3 is 0 Å². The van der Waals surface area contributed by atoms with Crippen LogP contribution in [0.4, 0.5) is 11.4 Å². The van der Waals surface area contributed by atoms with E-state index in [0.717, 1.165) is 29.7 Å². The second-order valence-corrected chi connectivity index (χ2v) is 8.37. The van der Waals surface area contributed by atoms with Gasteiger partial charge in [0.2, 0.25) is 0 Å². The molecule has 0 aliphatic heterocycles. The molecule has 0 unspecified atom stereocenters. The second kappa shape index (κ2) is 8.51. The van der Waals surface area contributed by atoms with Gasteiger partial charge in [0, 0.05) is 12.2 Å². The lowest BCUT2D eigenvalue weighted by molar-refractivity contribution is 0.601. The highest BCUT2D eigenvalue weighted by atomic mass is 32.2. The summed E-state index contributed by atoms with van der Waals surface area (Å²) in [6.45, 7) is 8.56. The van der Waals surface area contributed by atoms with Crippen LogP contribution >= 0.6 is 12.2 Å². The molecule has 0 atom stereocenters. The summed E-state index contributed by atoms with van der Waals surface area (Å²) in [7, 11) is -3.69. The Balaban J connectivity index is 2.26. The van der Waals surface area contributed by atoms with E-state index in [1.54, 1.807) is 24.3 Å². The van der Waals surface area contributed by atoms with E-state index in [1.807, 2.05) is 39.8 Å². The average molecular weight is 392 g/mol. The van der Waals surface area contributed by atoms with Crippen LogP contribution in [-0.4, -0.2) is 20.1 Å². The molecule has 2 rings (SSSR count). The van der Waals surface area contributed by atoms with E-state index in [2.05, 4.69) is 15.4 Å². The van der Waals surface area contributed by atoms with Crippen LogP contribution in [0.3, 0.4) is 0 Å². The van der Waals surface area contributed by atoms with Crippen molar-refractivity contribution in [3.05, 3.63) is 53.1 Å². The molecule has 0 aliphatic rings. The predicted molar refractivity (Wildman–Crippen MR) is 112 cm³/mol. The summed E-state index contributed by atoms with van der Waals surface area (Å²) in [5, 5.41) is 6.62. The van der Waals surface area contributed by atoms with Gasteiger partial charge in [0.05, 0.1) is 10.6 Å². The predicted octanol–water partition coefficient (Wildman–Crippen LogP) is 4.11. The van der Waals surface area contributed by atoms with Crippen molar-refractivity contribution in [2.24, 2.45) is 0 Å². The fourth-order valence-electron chi connectivity index (χ4n) is 2.44. The fourth-order valence-corrected chi connectivity index (χ4v) is 3.81. The molecule has 0 saturated heterocycles. The molecule has 26 heavy (non-hydrogen) atoms. The van der Waals surface area contributed by atoms with Crippen LogP contribution in [0, 0.1) is 20.8 Å². The molecule has 3 N–H and O–H groups in total. The summed E-state index contributed by atoms with van der Waals surface area (Å²) in [4.78, 5) is 0.184. The summed E-state index contributed by atoms with van der Waals surface area (Å²) in [5.74, 6) is 0. The minimum atomic E-state index is -3.69. The zero-order chi connectivity index (χ0) is 19.3. The van der Waals surface area contributed by atoms with Crippen LogP contribution in [-0.2, 0) is 10.0 Å². The minimum absolute atomic E-state index is 0.184. The molecular formula is C19H25N3O2S2. The van der Waals surface area contributed by atoms with Crippen molar-refractivity contribution < 1.29 is 8.42 Å². The largest absolute Gasteiger partial charge is 0.362 e. The summed E-state index contributed by atoms with van der Waals surface area (Å²) in [5.41, 5.74) is 4.12. The van der Waals surface area contributed by atoms with E-state index in [4.69, 9.17) is 12.2 Å². The Hall–Kier alpha value is -2.12. The molecular weight excluding hydrogens is 366 g/mol. The van der Waals surface area contributed by atoms with Crippen molar-refractivity contribution in [3.8, 4) is 0 Å². The third-order valence-corrected chi connectivity index (χ3v) is 5.54. The van der Waals surface area contributed by atoms with E-state index in [9.17, 15) is 8.42 Å². The Bertz CT molecular complexity index is 909. The van der Waals surface area contributed by atoms with Crippen LogP contribution in [0.1, 0.15) is 30.0 Å². The number of benzene rings is 2. The number of anilines is 2. The van der Waals surface area contributed by atoms with Crippen molar-refractivity contribution in [2.45, 2.75) is 39.0 Å². The normalized spacial score (nSPS) is 11.1. The number of nitrogens with one attached hydrogen (secondary N) is 3.